The molecule has 6 nitrogen and oxygen atoms in total. The number of carbonyl (C=O) groups is 2. The zero-order valence-corrected chi connectivity index (χ0v) is 16.6. The van der Waals surface area contributed by atoms with Crippen LogP contribution in [0.5, 0.6) is 0 Å². The second kappa shape index (κ2) is 7.90. The van der Waals surface area contributed by atoms with Gasteiger partial charge in [-0.1, -0.05) is 0 Å². The first-order valence-corrected chi connectivity index (χ1v) is 9.36. The molecule has 2 aromatic rings. The quantitative estimate of drug-likeness (QED) is 0.678. The Bertz CT molecular complexity index is 895. The van der Waals surface area contributed by atoms with Crippen molar-refractivity contribution in [3.05, 3.63) is 39.7 Å². The molecule has 1 aromatic heterocycles. The summed E-state index contributed by atoms with van der Waals surface area (Å²) >= 11 is 3.21. The predicted molar refractivity (Wildman–Crippen MR) is 99.1 cm³/mol. The molecule has 144 valence electrons. The van der Waals surface area contributed by atoms with Gasteiger partial charge in [-0.15, -0.1) is 0 Å². The molecule has 0 N–H and O–H groups in total. The fourth-order valence-corrected chi connectivity index (χ4v) is 4.01. The van der Waals surface area contributed by atoms with E-state index in [1.165, 1.54) is 25.4 Å². The van der Waals surface area contributed by atoms with Crippen molar-refractivity contribution in [2.45, 2.75) is 25.2 Å². The fraction of sp³-hybridized carbons (Fsp3) is 0.421. The van der Waals surface area contributed by atoms with Crippen molar-refractivity contribution >= 4 is 38.8 Å². The van der Waals surface area contributed by atoms with Gasteiger partial charge in [-0.25, -0.2) is 9.18 Å². The molecule has 1 saturated heterocycles. The number of aromatic nitrogens is 1. The number of pyridine rings is 1. The second-order valence-corrected chi connectivity index (χ2v) is 7.00. The lowest BCUT2D eigenvalue weighted by atomic mass is 9.71. The highest BCUT2D eigenvalue weighted by Gasteiger charge is 2.46. The van der Waals surface area contributed by atoms with Gasteiger partial charge in [-0.3, -0.25) is 9.78 Å². The molecule has 1 fully saturated rings. The van der Waals surface area contributed by atoms with Crippen LogP contribution in [0.15, 0.2) is 22.8 Å². The molecule has 1 aliphatic heterocycles. The molecule has 1 aromatic carbocycles. The van der Waals surface area contributed by atoms with Gasteiger partial charge in [-0.2, -0.15) is 0 Å². The summed E-state index contributed by atoms with van der Waals surface area (Å²) in [5.74, 6) is -1.54. The minimum Gasteiger partial charge on any atom is -0.468 e. The number of carbonyl (C=O) groups excluding carboxylic acids is 2. The van der Waals surface area contributed by atoms with E-state index in [1.54, 1.807) is 6.92 Å². The van der Waals surface area contributed by atoms with Crippen molar-refractivity contribution in [3.63, 3.8) is 0 Å². The summed E-state index contributed by atoms with van der Waals surface area (Å²) < 4.78 is 29.9. The van der Waals surface area contributed by atoms with Gasteiger partial charge in [0.05, 0.1) is 34.7 Å². The Kier molecular flexibility index (Phi) is 5.76. The van der Waals surface area contributed by atoms with Gasteiger partial charge in [0, 0.05) is 24.8 Å². The van der Waals surface area contributed by atoms with Crippen molar-refractivity contribution in [3.8, 4) is 0 Å². The van der Waals surface area contributed by atoms with Crippen LogP contribution >= 0.6 is 15.9 Å². The van der Waals surface area contributed by atoms with Crippen LogP contribution in [0.3, 0.4) is 0 Å². The van der Waals surface area contributed by atoms with Crippen LogP contribution in [0.1, 0.15) is 35.7 Å². The van der Waals surface area contributed by atoms with Gasteiger partial charge in [0.1, 0.15) is 5.82 Å². The number of esters is 2. The zero-order chi connectivity index (χ0) is 19.6. The third-order valence-electron chi connectivity index (χ3n) is 4.83. The van der Waals surface area contributed by atoms with E-state index in [0.29, 0.717) is 42.5 Å². The highest BCUT2D eigenvalue weighted by molar-refractivity contribution is 9.10. The number of fused-ring (bicyclic) bond motifs is 1. The lowest BCUT2D eigenvalue weighted by Crippen LogP contribution is -2.43. The molecule has 0 spiro atoms. The topological polar surface area (TPSA) is 74.7 Å². The van der Waals surface area contributed by atoms with E-state index in [9.17, 15) is 14.0 Å². The molecule has 1 aliphatic rings. The van der Waals surface area contributed by atoms with Crippen LogP contribution in [0, 0.1) is 5.82 Å². The van der Waals surface area contributed by atoms with E-state index in [2.05, 4.69) is 20.9 Å². The van der Waals surface area contributed by atoms with Gasteiger partial charge in [0.15, 0.2) is 0 Å². The molecule has 0 radical (unpaired) electrons. The van der Waals surface area contributed by atoms with Gasteiger partial charge >= 0.3 is 11.9 Å². The standard InChI is InChI=1S/C19H19BrFNO5/c1-3-27-17(23)12-10-22-16-11(4-5-13(21)15(16)20)14(12)19(18(24)25-2)6-8-26-9-7-19/h4-5,10H,3,6-9H2,1-2H3. The van der Waals surface area contributed by atoms with Gasteiger partial charge in [0.2, 0.25) is 0 Å². The van der Waals surface area contributed by atoms with Crippen LogP contribution in [0.4, 0.5) is 4.39 Å². The summed E-state index contributed by atoms with van der Waals surface area (Å²) in [6, 6.07) is 2.80. The van der Waals surface area contributed by atoms with E-state index in [-0.39, 0.29) is 16.6 Å². The summed E-state index contributed by atoms with van der Waals surface area (Å²) in [5, 5.41) is 0.501. The first-order valence-electron chi connectivity index (χ1n) is 8.56. The lowest BCUT2D eigenvalue weighted by Gasteiger charge is -2.36. The van der Waals surface area contributed by atoms with E-state index in [0.717, 1.165) is 0 Å². The van der Waals surface area contributed by atoms with Gasteiger partial charge in [-0.05, 0) is 53.4 Å². The molecular weight excluding hydrogens is 421 g/mol. The normalized spacial score (nSPS) is 16.1. The van der Waals surface area contributed by atoms with Crippen LogP contribution in [0.2, 0.25) is 0 Å². The average molecular weight is 440 g/mol. The Labute approximate surface area is 164 Å². The number of nitrogens with zero attached hydrogens (tertiary/aromatic N) is 1. The van der Waals surface area contributed by atoms with E-state index >= 15 is 0 Å². The zero-order valence-electron chi connectivity index (χ0n) is 15.0. The predicted octanol–water partition coefficient (Wildman–Crippen LogP) is 3.53. The summed E-state index contributed by atoms with van der Waals surface area (Å²) in [6.45, 7) is 2.55. The highest BCUT2D eigenvalue weighted by atomic mass is 79.9. The SMILES string of the molecule is CCOC(=O)c1cnc2c(Br)c(F)ccc2c1C1(C(=O)OC)CCOCC1. The molecule has 0 atom stereocenters. The number of benzene rings is 1. The molecule has 2 heterocycles. The maximum atomic E-state index is 14.0. The van der Waals surface area contributed by atoms with Crippen LogP contribution < -0.4 is 0 Å². The monoisotopic (exact) mass is 439 g/mol. The van der Waals surface area contributed by atoms with Gasteiger partial charge in [0.25, 0.3) is 0 Å². The molecule has 27 heavy (non-hydrogen) atoms. The Balaban J connectivity index is 2.38. The number of methoxy groups -OCH3 is 1. The van der Waals surface area contributed by atoms with E-state index in [4.69, 9.17) is 14.2 Å². The van der Waals surface area contributed by atoms with Crippen molar-refractivity contribution in [2.24, 2.45) is 0 Å². The molecule has 0 aliphatic carbocycles. The highest BCUT2D eigenvalue weighted by Crippen LogP contribution is 2.43. The third-order valence-corrected chi connectivity index (χ3v) is 5.58. The fourth-order valence-electron chi connectivity index (χ4n) is 3.56. The number of halogens is 2. The van der Waals surface area contributed by atoms with Gasteiger partial charge < -0.3 is 14.2 Å². The Morgan fingerprint density at radius 2 is 2.04 bits per heavy atom. The molecule has 0 amide bonds. The summed E-state index contributed by atoms with van der Waals surface area (Å²) in [7, 11) is 1.31. The van der Waals surface area contributed by atoms with E-state index < -0.39 is 23.2 Å². The summed E-state index contributed by atoms with van der Waals surface area (Å²) in [5.41, 5.74) is -0.155. The van der Waals surface area contributed by atoms with Crippen LogP contribution in [0.25, 0.3) is 10.9 Å². The number of hydrogen-bond donors (Lipinski definition) is 0. The summed E-state index contributed by atoms with van der Waals surface area (Å²) in [6.07, 6.45) is 2.00. The molecule has 0 saturated carbocycles. The molecule has 8 heteroatoms. The second-order valence-electron chi connectivity index (χ2n) is 6.21. The molecule has 3 rings (SSSR count). The number of rotatable bonds is 4. The summed E-state index contributed by atoms with van der Waals surface area (Å²) in [4.78, 5) is 29.8. The van der Waals surface area contributed by atoms with E-state index in [1.807, 2.05) is 0 Å². The Morgan fingerprint density at radius 1 is 1.33 bits per heavy atom. The Hall–Kier alpha value is -2.06. The third kappa shape index (κ3) is 3.32. The first kappa shape index (κ1) is 19.7. The maximum Gasteiger partial charge on any atom is 0.340 e. The Morgan fingerprint density at radius 3 is 2.67 bits per heavy atom. The minimum atomic E-state index is -1.10. The van der Waals surface area contributed by atoms with Crippen molar-refractivity contribution in [1.82, 2.24) is 4.98 Å². The maximum absolute atomic E-state index is 14.0. The lowest BCUT2D eigenvalue weighted by molar-refractivity contribution is -0.151. The smallest absolute Gasteiger partial charge is 0.340 e. The number of ether oxygens (including phenoxy) is 3. The average Bonchev–Trinajstić information content (AvgIpc) is 2.70. The van der Waals surface area contributed by atoms with Crippen molar-refractivity contribution < 1.29 is 28.2 Å². The first-order chi connectivity index (χ1) is 13.0. The number of hydrogen-bond acceptors (Lipinski definition) is 6. The molecular formula is C19H19BrFNO5. The minimum absolute atomic E-state index is 0.170. The van der Waals surface area contributed by atoms with Crippen LogP contribution in [-0.4, -0.2) is 43.9 Å². The molecule has 0 unspecified atom stereocenters. The van der Waals surface area contributed by atoms with Crippen molar-refractivity contribution in [1.29, 1.82) is 0 Å². The van der Waals surface area contributed by atoms with Crippen molar-refractivity contribution in [2.75, 3.05) is 26.9 Å². The molecule has 0 bridgehead atoms. The van der Waals surface area contributed by atoms with Crippen LogP contribution in [-0.2, 0) is 24.4 Å². The largest absolute Gasteiger partial charge is 0.468 e.